The average molecular weight is 437 g/mol. The Morgan fingerprint density at radius 2 is 1.90 bits per heavy atom. The number of thiophene rings is 1. The lowest BCUT2D eigenvalue weighted by Crippen LogP contribution is -2.31. The first-order chi connectivity index (χ1) is 15.2. The maximum atomic E-state index is 13.5. The van der Waals surface area contributed by atoms with Gasteiger partial charge in [0.2, 0.25) is 0 Å². The highest BCUT2D eigenvalue weighted by molar-refractivity contribution is 7.17. The summed E-state index contributed by atoms with van der Waals surface area (Å²) in [5.41, 5.74) is 1.58. The second kappa shape index (κ2) is 9.41. The first-order valence-electron chi connectivity index (χ1n) is 10.4. The van der Waals surface area contributed by atoms with Crippen LogP contribution in [0.15, 0.2) is 59.0 Å². The Morgan fingerprint density at radius 1 is 1.10 bits per heavy atom. The number of hydrogen-bond donors (Lipinski definition) is 0. The summed E-state index contributed by atoms with van der Waals surface area (Å²) < 4.78 is 11.9. The third-order valence-electron chi connectivity index (χ3n) is 5.27. The van der Waals surface area contributed by atoms with Gasteiger partial charge in [-0.1, -0.05) is 49.4 Å². The normalized spacial score (nSPS) is 12.3. The lowest BCUT2D eigenvalue weighted by molar-refractivity contribution is -0.149. The number of carbonyl (C=O) groups is 1. The lowest BCUT2D eigenvalue weighted by atomic mass is 9.99. The number of fused-ring (bicyclic) bond motifs is 2. The fourth-order valence-electron chi connectivity index (χ4n) is 3.74. The number of hydrogen-bond acceptors (Lipinski definition) is 6. The molecule has 160 valence electrons. The van der Waals surface area contributed by atoms with E-state index in [4.69, 9.17) is 9.47 Å². The third kappa shape index (κ3) is 4.11. The van der Waals surface area contributed by atoms with Gasteiger partial charge < -0.3 is 9.47 Å². The van der Waals surface area contributed by atoms with Crippen LogP contribution in [0.1, 0.15) is 26.3 Å². The second-order valence-corrected chi connectivity index (χ2v) is 7.96. The molecule has 0 saturated carbocycles. The molecule has 6 nitrogen and oxygen atoms in total. The fourth-order valence-corrected chi connectivity index (χ4v) is 4.64. The number of rotatable bonds is 8. The standard InChI is InChI=1S/C24H24N2O4S/c1-3-20(24(28)30-13-12-29-4-2)26-15-25-22-21(23(26)27)19(14-31-22)18-11-7-9-16-8-5-6-10-17(16)18/h5-11,14-15,20H,3-4,12-13H2,1-2H3. The minimum Gasteiger partial charge on any atom is -0.462 e. The summed E-state index contributed by atoms with van der Waals surface area (Å²) in [5.74, 6) is -0.451. The van der Waals surface area contributed by atoms with Crippen molar-refractivity contribution in [1.82, 2.24) is 9.55 Å². The molecule has 4 rings (SSSR count). The second-order valence-electron chi connectivity index (χ2n) is 7.10. The number of esters is 1. The van der Waals surface area contributed by atoms with Gasteiger partial charge in [0, 0.05) is 17.6 Å². The molecule has 0 amide bonds. The van der Waals surface area contributed by atoms with Gasteiger partial charge in [0.05, 0.1) is 18.3 Å². The Hall–Kier alpha value is -3.03. The Bertz CT molecular complexity index is 1270. The average Bonchev–Trinajstić information content (AvgIpc) is 3.23. The van der Waals surface area contributed by atoms with Crippen LogP contribution < -0.4 is 5.56 Å². The molecule has 0 N–H and O–H groups in total. The van der Waals surface area contributed by atoms with E-state index in [1.807, 2.05) is 49.6 Å². The van der Waals surface area contributed by atoms with Crippen LogP contribution in [0, 0.1) is 0 Å². The monoisotopic (exact) mass is 436 g/mol. The van der Waals surface area contributed by atoms with E-state index in [2.05, 4.69) is 17.1 Å². The van der Waals surface area contributed by atoms with E-state index in [0.717, 1.165) is 21.9 Å². The first-order valence-corrected chi connectivity index (χ1v) is 11.2. The fraction of sp³-hybridized carbons (Fsp3) is 0.292. The number of carbonyl (C=O) groups excluding carboxylic acids is 1. The predicted molar refractivity (Wildman–Crippen MR) is 124 cm³/mol. The van der Waals surface area contributed by atoms with Gasteiger partial charge in [-0.05, 0) is 29.7 Å². The number of ether oxygens (including phenoxy) is 2. The van der Waals surface area contributed by atoms with Gasteiger partial charge in [0.1, 0.15) is 17.5 Å². The zero-order valence-corrected chi connectivity index (χ0v) is 18.4. The molecule has 7 heteroatoms. The van der Waals surface area contributed by atoms with Gasteiger partial charge in [-0.3, -0.25) is 9.36 Å². The van der Waals surface area contributed by atoms with Crippen molar-refractivity contribution in [3.05, 3.63) is 64.5 Å². The zero-order valence-electron chi connectivity index (χ0n) is 17.5. The van der Waals surface area contributed by atoms with E-state index < -0.39 is 12.0 Å². The summed E-state index contributed by atoms with van der Waals surface area (Å²) in [6.45, 7) is 4.79. The third-order valence-corrected chi connectivity index (χ3v) is 6.16. The maximum Gasteiger partial charge on any atom is 0.329 e. The van der Waals surface area contributed by atoms with Gasteiger partial charge in [0.15, 0.2) is 0 Å². The van der Waals surface area contributed by atoms with E-state index >= 15 is 0 Å². The zero-order chi connectivity index (χ0) is 21.8. The first kappa shape index (κ1) is 21.2. The molecule has 0 saturated heterocycles. The van der Waals surface area contributed by atoms with Crippen molar-refractivity contribution >= 4 is 38.3 Å². The van der Waals surface area contributed by atoms with Gasteiger partial charge in [0.25, 0.3) is 5.56 Å². The van der Waals surface area contributed by atoms with Crippen LogP contribution in [-0.2, 0) is 14.3 Å². The molecule has 1 unspecified atom stereocenters. The molecule has 2 aromatic heterocycles. The van der Waals surface area contributed by atoms with Gasteiger partial charge >= 0.3 is 5.97 Å². The van der Waals surface area contributed by atoms with Crippen LogP contribution in [0.25, 0.3) is 32.1 Å². The molecule has 2 heterocycles. The Labute approximate surface area is 184 Å². The SMILES string of the molecule is CCOCCOC(=O)C(CC)n1cnc2scc(-c3cccc4ccccc34)c2c1=O. The van der Waals surface area contributed by atoms with Gasteiger partial charge in [-0.15, -0.1) is 11.3 Å². The van der Waals surface area contributed by atoms with Crippen LogP contribution in [-0.4, -0.2) is 35.3 Å². The Morgan fingerprint density at radius 3 is 2.71 bits per heavy atom. The van der Waals surface area contributed by atoms with Crippen molar-refractivity contribution in [3.8, 4) is 11.1 Å². The van der Waals surface area contributed by atoms with E-state index in [1.165, 1.54) is 22.2 Å². The molecule has 2 aromatic carbocycles. The molecule has 4 aromatic rings. The van der Waals surface area contributed by atoms with Crippen molar-refractivity contribution in [2.75, 3.05) is 19.8 Å². The van der Waals surface area contributed by atoms with Crippen LogP contribution in [0.2, 0.25) is 0 Å². The highest BCUT2D eigenvalue weighted by atomic mass is 32.1. The maximum absolute atomic E-state index is 13.5. The lowest BCUT2D eigenvalue weighted by Gasteiger charge is -2.17. The molecule has 0 aliphatic carbocycles. The highest BCUT2D eigenvalue weighted by Gasteiger charge is 2.24. The van der Waals surface area contributed by atoms with Crippen molar-refractivity contribution in [2.45, 2.75) is 26.3 Å². The van der Waals surface area contributed by atoms with E-state index in [-0.39, 0.29) is 12.2 Å². The summed E-state index contributed by atoms with van der Waals surface area (Å²) in [7, 11) is 0. The minimum absolute atomic E-state index is 0.160. The van der Waals surface area contributed by atoms with Gasteiger partial charge in [-0.25, -0.2) is 9.78 Å². The summed E-state index contributed by atoms with van der Waals surface area (Å²) >= 11 is 1.43. The number of benzene rings is 2. The van der Waals surface area contributed by atoms with Crippen molar-refractivity contribution in [1.29, 1.82) is 0 Å². The summed E-state index contributed by atoms with van der Waals surface area (Å²) in [6.07, 6.45) is 1.88. The van der Waals surface area contributed by atoms with E-state index in [9.17, 15) is 9.59 Å². The number of nitrogens with zero attached hydrogens (tertiary/aromatic N) is 2. The molecular weight excluding hydrogens is 412 g/mol. The highest BCUT2D eigenvalue weighted by Crippen LogP contribution is 2.35. The quantitative estimate of drug-likeness (QED) is 0.293. The van der Waals surface area contributed by atoms with E-state index in [0.29, 0.717) is 29.9 Å². The van der Waals surface area contributed by atoms with Crippen molar-refractivity contribution < 1.29 is 14.3 Å². The predicted octanol–water partition coefficient (Wildman–Crippen LogP) is 4.81. The van der Waals surface area contributed by atoms with E-state index in [1.54, 1.807) is 0 Å². The van der Waals surface area contributed by atoms with Crippen LogP contribution >= 0.6 is 11.3 Å². The molecule has 0 aliphatic heterocycles. The minimum atomic E-state index is -0.730. The molecule has 0 aliphatic rings. The largest absolute Gasteiger partial charge is 0.462 e. The summed E-state index contributed by atoms with van der Waals surface area (Å²) in [5, 5.41) is 4.67. The summed E-state index contributed by atoms with van der Waals surface area (Å²) in [4.78, 5) is 31.3. The van der Waals surface area contributed by atoms with Crippen LogP contribution in [0.5, 0.6) is 0 Å². The molecule has 0 radical (unpaired) electrons. The smallest absolute Gasteiger partial charge is 0.329 e. The van der Waals surface area contributed by atoms with Crippen molar-refractivity contribution in [2.24, 2.45) is 0 Å². The molecule has 0 bridgehead atoms. The number of aromatic nitrogens is 2. The van der Waals surface area contributed by atoms with Crippen molar-refractivity contribution in [3.63, 3.8) is 0 Å². The molecule has 31 heavy (non-hydrogen) atoms. The molecule has 0 spiro atoms. The van der Waals surface area contributed by atoms with Crippen LogP contribution in [0.3, 0.4) is 0 Å². The Balaban J connectivity index is 1.77. The molecular formula is C24H24N2O4S. The summed E-state index contributed by atoms with van der Waals surface area (Å²) in [6, 6.07) is 13.4. The molecule has 0 fully saturated rings. The van der Waals surface area contributed by atoms with Crippen LogP contribution in [0.4, 0.5) is 0 Å². The van der Waals surface area contributed by atoms with Gasteiger partial charge in [-0.2, -0.15) is 0 Å². The Kier molecular flexibility index (Phi) is 6.44. The molecule has 1 atom stereocenters. The topological polar surface area (TPSA) is 70.4 Å².